The molecule has 2 aromatic heterocycles. The number of pyridine rings is 1. The number of halogens is 1. The Hall–Kier alpha value is -0.950. The summed E-state index contributed by atoms with van der Waals surface area (Å²) in [5.41, 5.74) is 1.16. The van der Waals surface area contributed by atoms with Gasteiger partial charge < -0.3 is 0 Å². The van der Waals surface area contributed by atoms with E-state index in [0.717, 1.165) is 23.8 Å². The van der Waals surface area contributed by atoms with E-state index < -0.39 is 0 Å². The summed E-state index contributed by atoms with van der Waals surface area (Å²) in [6.07, 6.45) is 5.51. The zero-order valence-electron chi connectivity index (χ0n) is 8.31. The molecule has 0 bridgehead atoms. The molecule has 0 saturated carbocycles. The molecule has 0 spiro atoms. The molecule has 0 unspecified atom stereocenters. The second-order valence-electron chi connectivity index (χ2n) is 3.14. The smallest absolute Gasteiger partial charge is 0.142 e. The molecule has 0 fully saturated rings. The van der Waals surface area contributed by atoms with Gasteiger partial charge >= 0.3 is 0 Å². The molecule has 2 heterocycles. The zero-order valence-corrected chi connectivity index (χ0v) is 10.5. The van der Waals surface area contributed by atoms with Crippen molar-refractivity contribution in [2.45, 2.75) is 13.5 Å². The molecule has 5 heteroatoms. The number of imidazole rings is 1. The highest BCUT2D eigenvalue weighted by atomic mass is 127. The monoisotopic (exact) mass is 314 g/mol. The average molecular weight is 314 g/mol. The number of aromatic nitrogens is 3. The first kappa shape index (κ1) is 10.6. The molecule has 15 heavy (non-hydrogen) atoms. The van der Waals surface area contributed by atoms with E-state index in [1.54, 1.807) is 12.4 Å². The van der Waals surface area contributed by atoms with Crippen molar-refractivity contribution in [1.29, 1.82) is 0 Å². The molecule has 0 radical (unpaired) electrons. The molecule has 78 valence electrons. The van der Waals surface area contributed by atoms with Crippen LogP contribution < -0.4 is 3.53 Å². The number of rotatable bonds is 3. The minimum atomic E-state index is 0.793. The van der Waals surface area contributed by atoms with E-state index in [0.29, 0.717) is 0 Å². The van der Waals surface area contributed by atoms with Crippen LogP contribution in [-0.4, -0.2) is 14.5 Å². The van der Waals surface area contributed by atoms with Crippen molar-refractivity contribution in [2.24, 2.45) is 0 Å². The van der Waals surface area contributed by atoms with E-state index in [2.05, 4.69) is 42.4 Å². The maximum Gasteiger partial charge on any atom is 0.142 e. The van der Waals surface area contributed by atoms with Crippen molar-refractivity contribution in [3.63, 3.8) is 0 Å². The topological polar surface area (TPSA) is 42.7 Å². The Balaban J connectivity index is 2.48. The van der Waals surface area contributed by atoms with Gasteiger partial charge in [-0.1, -0.05) is 6.07 Å². The quantitative estimate of drug-likeness (QED) is 0.696. The van der Waals surface area contributed by atoms with E-state index >= 15 is 0 Å². The summed E-state index contributed by atoms with van der Waals surface area (Å²) in [7, 11) is 0. The van der Waals surface area contributed by atoms with Crippen LogP contribution in [0.5, 0.6) is 0 Å². The van der Waals surface area contributed by atoms with E-state index in [9.17, 15) is 0 Å². The number of hydrogen-bond acceptors (Lipinski definition) is 3. The van der Waals surface area contributed by atoms with Gasteiger partial charge in [-0.05, 0) is 13.0 Å². The second kappa shape index (κ2) is 4.71. The molecule has 0 aliphatic heterocycles. The summed E-state index contributed by atoms with van der Waals surface area (Å²) in [5, 5.41) is 0. The first-order valence-electron chi connectivity index (χ1n) is 4.60. The summed E-state index contributed by atoms with van der Waals surface area (Å²) in [5.74, 6) is 1.89. The van der Waals surface area contributed by atoms with Crippen LogP contribution in [0.3, 0.4) is 0 Å². The Kier molecular flexibility index (Phi) is 3.32. The maximum atomic E-state index is 4.38. The van der Waals surface area contributed by atoms with Crippen molar-refractivity contribution >= 4 is 22.9 Å². The zero-order chi connectivity index (χ0) is 10.7. The third kappa shape index (κ3) is 2.18. The molecule has 0 aliphatic carbocycles. The lowest BCUT2D eigenvalue weighted by molar-refractivity contribution is 0.885. The maximum absolute atomic E-state index is 4.38. The molecule has 0 aliphatic rings. The SMILES string of the molecule is Cc1nccn1-c1ncccc1CNI. The predicted octanol–water partition coefficient (Wildman–Crippen LogP) is 2.02. The molecule has 1 N–H and O–H groups in total. The van der Waals surface area contributed by atoms with Crippen LogP contribution in [0.4, 0.5) is 0 Å². The minimum Gasteiger partial charge on any atom is -0.288 e. The van der Waals surface area contributed by atoms with E-state index in [1.807, 2.05) is 23.8 Å². The lowest BCUT2D eigenvalue weighted by atomic mass is 10.2. The van der Waals surface area contributed by atoms with E-state index in [-0.39, 0.29) is 0 Å². The van der Waals surface area contributed by atoms with Crippen molar-refractivity contribution in [3.8, 4) is 5.82 Å². The summed E-state index contributed by atoms with van der Waals surface area (Å²) in [6, 6.07) is 4.01. The molecule has 0 amide bonds. The van der Waals surface area contributed by atoms with Crippen LogP contribution >= 0.6 is 22.9 Å². The fraction of sp³-hybridized carbons (Fsp3) is 0.200. The van der Waals surface area contributed by atoms with Crippen LogP contribution in [0.2, 0.25) is 0 Å². The van der Waals surface area contributed by atoms with Crippen LogP contribution in [0.15, 0.2) is 30.7 Å². The lowest BCUT2D eigenvalue weighted by Crippen LogP contribution is -2.07. The summed E-state index contributed by atoms with van der Waals surface area (Å²) in [4.78, 5) is 8.58. The second-order valence-corrected chi connectivity index (χ2v) is 3.90. The van der Waals surface area contributed by atoms with Crippen LogP contribution in [0.25, 0.3) is 5.82 Å². The summed E-state index contributed by atoms with van der Waals surface area (Å²) in [6.45, 7) is 2.76. The Labute approximate surface area is 102 Å². The van der Waals surface area contributed by atoms with Gasteiger partial charge in [-0.2, -0.15) is 0 Å². The van der Waals surface area contributed by atoms with Gasteiger partial charge in [0.25, 0.3) is 0 Å². The van der Waals surface area contributed by atoms with Crippen LogP contribution in [0, 0.1) is 6.92 Å². The lowest BCUT2D eigenvalue weighted by Gasteiger charge is -2.09. The largest absolute Gasteiger partial charge is 0.288 e. The highest BCUT2D eigenvalue weighted by Crippen LogP contribution is 2.13. The molecular formula is C10H11IN4. The fourth-order valence-corrected chi connectivity index (χ4v) is 1.87. The van der Waals surface area contributed by atoms with Gasteiger partial charge in [0.2, 0.25) is 0 Å². The van der Waals surface area contributed by atoms with E-state index in [4.69, 9.17) is 0 Å². The Morgan fingerprint density at radius 2 is 2.27 bits per heavy atom. The Bertz CT molecular complexity index is 452. The molecular weight excluding hydrogens is 303 g/mol. The van der Waals surface area contributed by atoms with Crippen molar-refractivity contribution < 1.29 is 0 Å². The van der Waals surface area contributed by atoms with Gasteiger partial charge in [-0.25, -0.2) is 9.97 Å². The molecule has 2 rings (SSSR count). The molecule has 0 atom stereocenters. The highest BCUT2D eigenvalue weighted by molar-refractivity contribution is 14.1. The normalized spacial score (nSPS) is 10.5. The number of nitrogens with one attached hydrogen (secondary N) is 1. The standard InChI is InChI=1S/C10H11IN4/c1-8-12-5-6-15(8)10-9(7-14-11)3-2-4-13-10/h2-6,14H,7H2,1H3. The van der Waals surface area contributed by atoms with Gasteiger partial charge in [0.1, 0.15) is 11.6 Å². The van der Waals surface area contributed by atoms with Crippen molar-refractivity contribution in [2.75, 3.05) is 0 Å². The van der Waals surface area contributed by atoms with Gasteiger partial charge in [0, 0.05) is 53.6 Å². The molecule has 0 aromatic carbocycles. The summed E-state index contributed by atoms with van der Waals surface area (Å²) >= 11 is 2.13. The predicted molar refractivity (Wildman–Crippen MR) is 67.0 cm³/mol. The van der Waals surface area contributed by atoms with Gasteiger partial charge in [-0.15, -0.1) is 0 Å². The van der Waals surface area contributed by atoms with E-state index in [1.165, 1.54) is 0 Å². The fourth-order valence-electron chi connectivity index (χ4n) is 1.46. The minimum absolute atomic E-state index is 0.793. The number of aryl methyl sites for hydroxylation is 1. The highest BCUT2D eigenvalue weighted by Gasteiger charge is 2.06. The first-order valence-corrected chi connectivity index (χ1v) is 5.68. The molecule has 2 aromatic rings. The first-order chi connectivity index (χ1) is 7.33. The Morgan fingerprint density at radius 3 is 2.93 bits per heavy atom. The van der Waals surface area contributed by atoms with Gasteiger partial charge in [0.15, 0.2) is 0 Å². The Morgan fingerprint density at radius 1 is 1.40 bits per heavy atom. The van der Waals surface area contributed by atoms with Crippen molar-refractivity contribution in [3.05, 3.63) is 42.1 Å². The molecule has 0 saturated heterocycles. The van der Waals surface area contributed by atoms with Gasteiger partial charge in [0.05, 0.1) is 0 Å². The third-order valence-corrected chi connectivity index (χ3v) is 2.56. The third-order valence-electron chi connectivity index (χ3n) is 2.18. The molecule has 4 nitrogen and oxygen atoms in total. The van der Waals surface area contributed by atoms with Crippen LogP contribution in [-0.2, 0) is 6.54 Å². The number of nitrogens with zero attached hydrogens (tertiary/aromatic N) is 3. The van der Waals surface area contributed by atoms with Crippen molar-refractivity contribution in [1.82, 2.24) is 18.1 Å². The average Bonchev–Trinajstić information content (AvgIpc) is 2.66. The van der Waals surface area contributed by atoms with Gasteiger partial charge in [-0.3, -0.25) is 8.10 Å². The number of hydrogen-bond donors (Lipinski definition) is 1. The van der Waals surface area contributed by atoms with Crippen LogP contribution in [0.1, 0.15) is 11.4 Å². The summed E-state index contributed by atoms with van der Waals surface area (Å²) < 4.78 is 5.09.